The molecule has 0 aliphatic heterocycles. The fraction of sp³-hybridized carbons (Fsp3) is 0.188. The number of rotatable bonds is 4. The van der Waals surface area contributed by atoms with Gasteiger partial charge >= 0.3 is 0 Å². The summed E-state index contributed by atoms with van der Waals surface area (Å²) in [6, 6.07) is 17.3. The Balaban J connectivity index is 2.22. The van der Waals surface area contributed by atoms with Crippen LogP contribution in [-0.4, -0.2) is 19.5 Å². The lowest BCUT2D eigenvalue weighted by molar-refractivity contribution is 0.0993. The Morgan fingerprint density at radius 2 is 1.84 bits per heavy atom. The van der Waals surface area contributed by atoms with Gasteiger partial charge in [-0.15, -0.1) is 0 Å². The summed E-state index contributed by atoms with van der Waals surface area (Å²) in [4.78, 5) is 14.1. The molecule has 0 bridgehead atoms. The Morgan fingerprint density at radius 1 is 1.11 bits per heavy atom. The Labute approximate surface area is 113 Å². The zero-order valence-electron chi connectivity index (χ0n) is 11.0. The molecule has 0 aliphatic rings. The topological polar surface area (TPSA) is 46.3 Å². The maximum absolute atomic E-state index is 12.4. The van der Waals surface area contributed by atoms with Gasteiger partial charge in [-0.2, -0.15) is 0 Å². The molecule has 1 amide bonds. The van der Waals surface area contributed by atoms with Crippen LogP contribution in [0.15, 0.2) is 54.6 Å². The predicted molar refractivity (Wildman–Crippen MR) is 78.4 cm³/mol. The molecule has 0 unspecified atom stereocenters. The minimum absolute atomic E-state index is 0.00919. The Kier molecular flexibility index (Phi) is 4.31. The lowest BCUT2D eigenvalue weighted by Gasteiger charge is -2.17. The van der Waals surface area contributed by atoms with Gasteiger partial charge in [0.15, 0.2) is 0 Å². The molecule has 98 valence electrons. The van der Waals surface area contributed by atoms with Gasteiger partial charge < -0.3 is 10.6 Å². The van der Waals surface area contributed by atoms with Gasteiger partial charge in [0.25, 0.3) is 5.91 Å². The monoisotopic (exact) mass is 254 g/mol. The van der Waals surface area contributed by atoms with Crippen LogP contribution in [0.3, 0.4) is 0 Å². The highest BCUT2D eigenvalue weighted by Gasteiger charge is 2.13. The van der Waals surface area contributed by atoms with Crippen LogP contribution < -0.4 is 10.6 Å². The first kappa shape index (κ1) is 13.3. The van der Waals surface area contributed by atoms with Crippen molar-refractivity contribution in [2.45, 2.75) is 6.42 Å². The molecule has 2 rings (SSSR count). The molecule has 0 saturated carbocycles. The minimum atomic E-state index is -0.00919. The van der Waals surface area contributed by atoms with E-state index >= 15 is 0 Å². The van der Waals surface area contributed by atoms with Crippen LogP contribution in [0.5, 0.6) is 0 Å². The molecule has 0 saturated heterocycles. The first-order valence-electron chi connectivity index (χ1n) is 6.34. The molecule has 3 nitrogen and oxygen atoms in total. The van der Waals surface area contributed by atoms with Crippen molar-refractivity contribution in [1.82, 2.24) is 0 Å². The zero-order valence-corrected chi connectivity index (χ0v) is 11.0. The molecular formula is C16H18N2O. The van der Waals surface area contributed by atoms with Crippen molar-refractivity contribution in [1.29, 1.82) is 0 Å². The largest absolute Gasteiger partial charge is 0.330 e. The highest BCUT2D eigenvalue weighted by molar-refractivity contribution is 6.05. The van der Waals surface area contributed by atoms with Gasteiger partial charge in [0.05, 0.1) is 0 Å². The van der Waals surface area contributed by atoms with E-state index in [-0.39, 0.29) is 5.91 Å². The van der Waals surface area contributed by atoms with Crippen LogP contribution in [0, 0.1) is 0 Å². The molecule has 0 fully saturated rings. The lowest BCUT2D eigenvalue weighted by atomic mass is 10.1. The summed E-state index contributed by atoms with van der Waals surface area (Å²) >= 11 is 0. The van der Waals surface area contributed by atoms with Crippen LogP contribution in [-0.2, 0) is 6.42 Å². The van der Waals surface area contributed by atoms with E-state index in [9.17, 15) is 4.79 Å². The van der Waals surface area contributed by atoms with Gasteiger partial charge in [0.1, 0.15) is 0 Å². The van der Waals surface area contributed by atoms with E-state index in [1.165, 1.54) is 0 Å². The average molecular weight is 254 g/mol. The summed E-state index contributed by atoms with van der Waals surface area (Å²) in [5, 5.41) is 0. The molecular weight excluding hydrogens is 236 g/mol. The number of anilines is 1. The van der Waals surface area contributed by atoms with Crippen LogP contribution in [0.1, 0.15) is 15.9 Å². The van der Waals surface area contributed by atoms with E-state index in [2.05, 4.69) is 0 Å². The Morgan fingerprint density at radius 3 is 2.53 bits per heavy atom. The predicted octanol–water partition coefficient (Wildman–Crippen LogP) is 2.46. The van der Waals surface area contributed by atoms with Crippen LogP contribution >= 0.6 is 0 Å². The van der Waals surface area contributed by atoms with Crippen LogP contribution in [0.4, 0.5) is 5.69 Å². The first-order chi connectivity index (χ1) is 9.22. The zero-order chi connectivity index (χ0) is 13.7. The van der Waals surface area contributed by atoms with E-state index in [0.29, 0.717) is 12.1 Å². The molecule has 0 atom stereocenters. The van der Waals surface area contributed by atoms with Crippen molar-refractivity contribution in [2.24, 2.45) is 5.73 Å². The third kappa shape index (κ3) is 3.20. The SMILES string of the molecule is CN(C(=O)c1cccc(CCN)c1)c1ccccc1. The fourth-order valence-corrected chi connectivity index (χ4v) is 1.99. The number of nitrogens with two attached hydrogens (primary N) is 1. The quantitative estimate of drug-likeness (QED) is 0.911. The van der Waals surface area contributed by atoms with Gasteiger partial charge in [-0.25, -0.2) is 0 Å². The lowest BCUT2D eigenvalue weighted by Crippen LogP contribution is -2.26. The number of hydrogen-bond donors (Lipinski definition) is 1. The van der Waals surface area contributed by atoms with E-state index < -0.39 is 0 Å². The fourth-order valence-electron chi connectivity index (χ4n) is 1.99. The van der Waals surface area contributed by atoms with Crippen molar-refractivity contribution in [3.63, 3.8) is 0 Å². The molecule has 0 radical (unpaired) electrons. The highest BCUT2D eigenvalue weighted by atomic mass is 16.2. The Bertz CT molecular complexity index is 552. The second-order valence-corrected chi connectivity index (χ2v) is 4.44. The summed E-state index contributed by atoms with van der Waals surface area (Å²) in [5.74, 6) is -0.00919. The first-order valence-corrected chi connectivity index (χ1v) is 6.34. The molecule has 2 N–H and O–H groups in total. The number of amides is 1. The smallest absolute Gasteiger partial charge is 0.258 e. The van der Waals surface area contributed by atoms with Gasteiger partial charge in [0, 0.05) is 18.3 Å². The number of hydrogen-bond acceptors (Lipinski definition) is 2. The summed E-state index contributed by atoms with van der Waals surface area (Å²) < 4.78 is 0. The maximum Gasteiger partial charge on any atom is 0.258 e. The van der Waals surface area contributed by atoms with E-state index in [0.717, 1.165) is 17.7 Å². The van der Waals surface area contributed by atoms with Gasteiger partial charge in [0.2, 0.25) is 0 Å². The Hall–Kier alpha value is -2.13. The molecule has 0 aromatic heterocycles. The van der Waals surface area contributed by atoms with Gasteiger partial charge in [-0.3, -0.25) is 4.79 Å². The molecule has 2 aromatic rings. The molecule has 2 aromatic carbocycles. The van der Waals surface area contributed by atoms with E-state index in [1.807, 2.05) is 54.6 Å². The minimum Gasteiger partial charge on any atom is -0.330 e. The molecule has 19 heavy (non-hydrogen) atoms. The van der Waals surface area contributed by atoms with Crippen molar-refractivity contribution in [2.75, 3.05) is 18.5 Å². The molecule has 0 aliphatic carbocycles. The van der Waals surface area contributed by atoms with Crippen molar-refractivity contribution >= 4 is 11.6 Å². The third-order valence-electron chi connectivity index (χ3n) is 3.06. The number of para-hydroxylation sites is 1. The van der Waals surface area contributed by atoms with Crippen molar-refractivity contribution in [3.05, 3.63) is 65.7 Å². The van der Waals surface area contributed by atoms with Crippen molar-refractivity contribution < 1.29 is 4.79 Å². The standard InChI is InChI=1S/C16H18N2O/c1-18(15-8-3-2-4-9-15)16(19)14-7-5-6-13(12-14)10-11-17/h2-9,12H,10-11,17H2,1H3. The number of carbonyl (C=O) groups excluding carboxylic acids is 1. The summed E-state index contributed by atoms with van der Waals surface area (Å²) in [7, 11) is 1.78. The van der Waals surface area contributed by atoms with Crippen LogP contribution in [0.25, 0.3) is 0 Å². The second kappa shape index (κ2) is 6.16. The van der Waals surface area contributed by atoms with Gasteiger partial charge in [-0.1, -0.05) is 30.3 Å². The number of nitrogens with zero attached hydrogens (tertiary/aromatic N) is 1. The van der Waals surface area contributed by atoms with Gasteiger partial charge in [-0.05, 0) is 42.8 Å². The number of benzene rings is 2. The van der Waals surface area contributed by atoms with Crippen molar-refractivity contribution in [3.8, 4) is 0 Å². The average Bonchev–Trinajstić information content (AvgIpc) is 2.47. The third-order valence-corrected chi connectivity index (χ3v) is 3.06. The summed E-state index contributed by atoms with van der Waals surface area (Å²) in [5.41, 5.74) is 8.21. The summed E-state index contributed by atoms with van der Waals surface area (Å²) in [6.45, 7) is 0.589. The highest BCUT2D eigenvalue weighted by Crippen LogP contribution is 2.15. The van der Waals surface area contributed by atoms with E-state index in [1.54, 1.807) is 11.9 Å². The second-order valence-electron chi connectivity index (χ2n) is 4.44. The van der Waals surface area contributed by atoms with E-state index in [4.69, 9.17) is 5.73 Å². The normalized spacial score (nSPS) is 10.2. The molecule has 3 heteroatoms. The number of carbonyl (C=O) groups is 1. The molecule has 0 heterocycles. The summed E-state index contributed by atoms with van der Waals surface area (Å²) in [6.07, 6.45) is 0.788. The maximum atomic E-state index is 12.4. The molecule has 0 spiro atoms. The van der Waals surface area contributed by atoms with Crippen LogP contribution in [0.2, 0.25) is 0 Å².